The van der Waals surface area contributed by atoms with Gasteiger partial charge in [0.15, 0.2) is 5.78 Å². The third-order valence-electron chi connectivity index (χ3n) is 3.64. The van der Waals surface area contributed by atoms with Crippen molar-refractivity contribution < 1.29 is 20.1 Å². The van der Waals surface area contributed by atoms with Crippen LogP contribution >= 0.6 is 0 Å². The van der Waals surface area contributed by atoms with Crippen LogP contribution in [-0.4, -0.2) is 40.1 Å². The monoisotopic (exact) mass is 365 g/mol. The lowest BCUT2D eigenvalue weighted by molar-refractivity contribution is -0.110. The normalized spacial score (nSPS) is 12.3. The molecular formula is C22H23NO4. The van der Waals surface area contributed by atoms with E-state index in [9.17, 15) is 20.1 Å². The Morgan fingerprint density at radius 3 is 2.41 bits per heavy atom. The summed E-state index contributed by atoms with van der Waals surface area (Å²) < 4.78 is 0. The van der Waals surface area contributed by atoms with Gasteiger partial charge in [0, 0.05) is 18.2 Å². The molecule has 0 saturated carbocycles. The molecule has 2 rings (SSSR count). The summed E-state index contributed by atoms with van der Waals surface area (Å²) in [5.41, 5.74) is 2.25. The van der Waals surface area contributed by atoms with Crippen LogP contribution in [0, 0.1) is 0 Å². The molecule has 0 aromatic heterocycles. The van der Waals surface area contributed by atoms with Crippen LogP contribution in [0.15, 0.2) is 66.5 Å². The van der Waals surface area contributed by atoms with Gasteiger partial charge in [0.2, 0.25) is 0 Å². The molecule has 5 heteroatoms. The number of ketones is 1. The quantitative estimate of drug-likeness (QED) is 0.394. The highest BCUT2D eigenvalue weighted by atomic mass is 16.3. The molecule has 140 valence electrons. The number of aromatic hydroxyl groups is 2. The van der Waals surface area contributed by atoms with Gasteiger partial charge in [-0.15, -0.1) is 0 Å². The third kappa shape index (κ3) is 6.84. The van der Waals surface area contributed by atoms with Crippen molar-refractivity contribution in [3.63, 3.8) is 0 Å². The van der Waals surface area contributed by atoms with Gasteiger partial charge in [-0.25, -0.2) is 0 Å². The number of phenols is 2. The van der Waals surface area contributed by atoms with Gasteiger partial charge in [0.25, 0.3) is 0 Å². The minimum atomic E-state index is -0.365. The average Bonchev–Trinajstić information content (AvgIpc) is 2.60. The van der Waals surface area contributed by atoms with E-state index in [2.05, 4.69) is 0 Å². The molecule has 0 amide bonds. The van der Waals surface area contributed by atoms with Crippen LogP contribution < -0.4 is 0 Å². The molecular weight excluding hydrogens is 342 g/mol. The first-order valence-electron chi connectivity index (χ1n) is 8.40. The molecule has 0 unspecified atom stereocenters. The number of allylic oxidation sites excluding steroid dienone is 3. The fourth-order valence-corrected chi connectivity index (χ4v) is 2.41. The molecule has 0 bridgehead atoms. The second-order valence-corrected chi connectivity index (χ2v) is 6.36. The van der Waals surface area contributed by atoms with E-state index in [0.29, 0.717) is 12.1 Å². The number of benzene rings is 2. The second kappa shape index (κ2) is 9.40. The van der Waals surface area contributed by atoms with Crippen molar-refractivity contribution in [1.29, 1.82) is 0 Å². The first kappa shape index (κ1) is 20.0. The summed E-state index contributed by atoms with van der Waals surface area (Å²) in [6, 6.07) is 11.7. The van der Waals surface area contributed by atoms with Crippen LogP contribution in [0.25, 0.3) is 12.2 Å². The molecule has 0 aliphatic carbocycles. The van der Waals surface area contributed by atoms with Crippen molar-refractivity contribution >= 4 is 17.9 Å². The van der Waals surface area contributed by atoms with Crippen molar-refractivity contribution in [2.75, 3.05) is 14.1 Å². The summed E-state index contributed by atoms with van der Waals surface area (Å²) in [5, 5.41) is 29.1. The van der Waals surface area contributed by atoms with Crippen LogP contribution in [0.2, 0.25) is 0 Å². The number of carbonyl (C=O) groups is 1. The van der Waals surface area contributed by atoms with Crippen molar-refractivity contribution in [3.8, 4) is 11.5 Å². The Morgan fingerprint density at radius 2 is 1.70 bits per heavy atom. The van der Waals surface area contributed by atoms with Gasteiger partial charge in [-0.05, 0) is 61.6 Å². The van der Waals surface area contributed by atoms with Crippen LogP contribution in [0.4, 0.5) is 0 Å². The number of aliphatic hydroxyl groups is 1. The van der Waals surface area contributed by atoms with E-state index < -0.39 is 0 Å². The highest BCUT2D eigenvalue weighted by molar-refractivity contribution is 6.02. The molecule has 0 spiro atoms. The highest BCUT2D eigenvalue weighted by Gasteiger charge is 2.03. The molecule has 0 radical (unpaired) electrons. The Bertz CT molecular complexity index is 895. The summed E-state index contributed by atoms with van der Waals surface area (Å²) in [5.74, 6) is -0.216. The van der Waals surface area contributed by atoms with E-state index in [1.807, 2.05) is 25.1 Å². The van der Waals surface area contributed by atoms with E-state index >= 15 is 0 Å². The first-order valence-corrected chi connectivity index (χ1v) is 8.40. The van der Waals surface area contributed by atoms with Gasteiger partial charge in [-0.2, -0.15) is 0 Å². The standard InChI is InChI=1S/C22H23NO4/c1-23(2)15-18-12-17(8-11-22(18)27)7-10-21(26)14-20(25)9-6-16-4-3-5-19(24)13-16/h3-14,24-25,27H,15H2,1-2H3/b9-6+,10-7+,20-14-. The van der Waals surface area contributed by atoms with Gasteiger partial charge in [0.05, 0.1) is 0 Å². The second-order valence-electron chi connectivity index (χ2n) is 6.36. The SMILES string of the molecule is CN(C)Cc1cc(/C=C/C(=O)/C=C(O)/C=C/c2cccc(O)c2)ccc1O. The highest BCUT2D eigenvalue weighted by Crippen LogP contribution is 2.20. The van der Waals surface area contributed by atoms with Gasteiger partial charge < -0.3 is 20.2 Å². The number of phenolic OH excluding ortho intramolecular Hbond substituents is 2. The molecule has 0 aliphatic heterocycles. The predicted octanol–water partition coefficient (Wildman–Crippen LogP) is 3.90. The molecule has 3 N–H and O–H groups in total. The van der Waals surface area contributed by atoms with Gasteiger partial charge in [0.1, 0.15) is 17.3 Å². The maximum absolute atomic E-state index is 12.0. The Kier molecular flexibility index (Phi) is 6.97. The topological polar surface area (TPSA) is 81.0 Å². The maximum Gasteiger partial charge on any atom is 0.182 e. The van der Waals surface area contributed by atoms with E-state index in [4.69, 9.17) is 0 Å². The zero-order chi connectivity index (χ0) is 19.8. The summed E-state index contributed by atoms with van der Waals surface area (Å²) >= 11 is 0. The largest absolute Gasteiger partial charge is 0.508 e. The van der Waals surface area contributed by atoms with Gasteiger partial charge in [-0.1, -0.05) is 30.4 Å². The molecule has 2 aromatic rings. The molecule has 0 heterocycles. The maximum atomic E-state index is 12.0. The zero-order valence-corrected chi connectivity index (χ0v) is 15.3. The lowest BCUT2D eigenvalue weighted by Gasteiger charge is -2.11. The minimum absolute atomic E-state index is 0.127. The van der Waals surface area contributed by atoms with Crippen LogP contribution in [0.1, 0.15) is 16.7 Å². The number of nitrogens with zero attached hydrogens (tertiary/aromatic N) is 1. The summed E-state index contributed by atoms with van der Waals surface area (Å²) in [4.78, 5) is 13.9. The van der Waals surface area contributed by atoms with Crippen LogP contribution in [0.5, 0.6) is 11.5 Å². The lowest BCUT2D eigenvalue weighted by atomic mass is 10.1. The van der Waals surface area contributed by atoms with Crippen molar-refractivity contribution in [2.24, 2.45) is 0 Å². The van der Waals surface area contributed by atoms with Crippen LogP contribution in [-0.2, 0) is 11.3 Å². The summed E-state index contributed by atoms with van der Waals surface area (Å²) in [6.07, 6.45) is 7.07. The number of hydrogen-bond donors (Lipinski definition) is 3. The zero-order valence-electron chi connectivity index (χ0n) is 15.3. The van der Waals surface area contributed by atoms with E-state index in [1.54, 1.807) is 48.6 Å². The third-order valence-corrected chi connectivity index (χ3v) is 3.64. The van der Waals surface area contributed by atoms with Crippen LogP contribution in [0.3, 0.4) is 0 Å². The van der Waals surface area contributed by atoms with E-state index in [0.717, 1.165) is 17.2 Å². The van der Waals surface area contributed by atoms with Gasteiger partial charge in [-0.3, -0.25) is 4.79 Å². The van der Waals surface area contributed by atoms with E-state index in [1.165, 1.54) is 12.2 Å². The fraction of sp³-hybridized carbons (Fsp3) is 0.136. The first-order chi connectivity index (χ1) is 12.8. The number of carbonyl (C=O) groups excluding carboxylic acids is 1. The molecule has 0 atom stereocenters. The Labute approximate surface area is 158 Å². The summed E-state index contributed by atoms with van der Waals surface area (Å²) in [7, 11) is 3.81. The molecule has 27 heavy (non-hydrogen) atoms. The molecule has 0 aliphatic rings. The predicted molar refractivity (Wildman–Crippen MR) is 107 cm³/mol. The van der Waals surface area contributed by atoms with Crippen molar-refractivity contribution in [3.05, 3.63) is 83.1 Å². The van der Waals surface area contributed by atoms with E-state index in [-0.39, 0.29) is 23.0 Å². The fourth-order valence-electron chi connectivity index (χ4n) is 2.41. The average molecular weight is 365 g/mol. The Morgan fingerprint density at radius 1 is 1.00 bits per heavy atom. The molecule has 0 fully saturated rings. The number of hydrogen-bond acceptors (Lipinski definition) is 5. The van der Waals surface area contributed by atoms with Gasteiger partial charge >= 0.3 is 0 Å². The number of aliphatic hydroxyl groups excluding tert-OH is 1. The Hall–Kier alpha value is -3.31. The molecule has 0 saturated heterocycles. The lowest BCUT2D eigenvalue weighted by Crippen LogP contribution is -2.10. The minimum Gasteiger partial charge on any atom is -0.508 e. The van der Waals surface area contributed by atoms with Crippen molar-refractivity contribution in [2.45, 2.75) is 6.54 Å². The molecule has 2 aromatic carbocycles. The smallest absolute Gasteiger partial charge is 0.182 e. The number of rotatable bonds is 7. The van der Waals surface area contributed by atoms with Crippen molar-refractivity contribution in [1.82, 2.24) is 4.90 Å². The molecule has 5 nitrogen and oxygen atoms in total. The Balaban J connectivity index is 2.04. The summed E-state index contributed by atoms with van der Waals surface area (Å²) in [6.45, 7) is 0.585.